The Kier molecular flexibility index (Phi) is 6.03. The maximum absolute atomic E-state index is 12.4. The number of benzene rings is 1. The molecule has 2 amide bonds. The maximum atomic E-state index is 12.4. The van der Waals surface area contributed by atoms with Gasteiger partial charge in [0.2, 0.25) is 11.8 Å². The molecule has 0 bridgehead atoms. The van der Waals surface area contributed by atoms with E-state index in [1.54, 1.807) is 0 Å². The third-order valence-corrected chi connectivity index (χ3v) is 4.64. The zero-order valence-corrected chi connectivity index (χ0v) is 15.4. The van der Waals surface area contributed by atoms with Crippen LogP contribution < -0.4 is 5.32 Å². The van der Waals surface area contributed by atoms with Crippen molar-refractivity contribution in [3.63, 3.8) is 0 Å². The maximum Gasteiger partial charge on any atom is 0.229 e. The van der Waals surface area contributed by atoms with Crippen molar-refractivity contribution in [1.82, 2.24) is 4.90 Å². The smallest absolute Gasteiger partial charge is 0.229 e. The van der Waals surface area contributed by atoms with Gasteiger partial charge in [0.1, 0.15) is 0 Å². The molecule has 0 saturated carbocycles. The molecule has 0 radical (unpaired) electrons. The number of likely N-dealkylation sites (tertiary alicyclic amines) is 1. The van der Waals surface area contributed by atoms with Gasteiger partial charge in [-0.2, -0.15) is 0 Å². The highest BCUT2D eigenvalue weighted by Crippen LogP contribution is 2.25. The van der Waals surface area contributed by atoms with Crippen LogP contribution in [0.25, 0.3) is 0 Å². The number of carbonyl (C=O) groups is 2. The van der Waals surface area contributed by atoms with Gasteiger partial charge >= 0.3 is 0 Å². The highest BCUT2D eigenvalue weighted by molar-refractivity contribution is 5.97. The average molecular weight is 330 g/mol. The summed E-state index contributed by atoms with van der Waals surface area (Å²) in [7, 11) is 0. The van der Waals surface area contributed by atoms with E-state index in [9.17, 15) is 9.59 Å². The second-order valence-corrected chi connectivity index (χ2v) is 7.76. The molecule has 132 valence electrons. The van der Waals surface area contributed by atoms with Gasteiger partial charge in [0.15, 0.2) is 0 Å². The summed E-state index contributed by atoms with van der Waals surface area (Å²) in [5.74, 6) is -0.180. The molecule has 1 N–H and O–H groups in total. The van der Waals surface area contributed by atoms with Crippen LogP contribution in [0.2, 0.25) is 0 Å². The van der Waals surface area contributed by atoms with Crippen molar-refractivity contribution in [2.24, 2.45) is 5.92 Å². The molecule has 1 aromatic carbocycles. The van der Waals surface area contributed by atoms with Crippen molar-refractivity contribution in [3.05, 3.63) is 29.8 Å². The van der Waals surface area contributed by atoms with Crippen LogP contribution in [0.5, 0.6) is 0 Å². The van der Waals surface area contributed by atoms with E-state index in [1.165, 1.54) is 5.56 Å². The van der Waals surface area contributed by atoms with Crippen LogP contribution in [-0.4, -0.2) is 29.8 Å². The number of amides is 2. The summed E-state index contributed by atoms with van der Waals surface area (Å²) in [6, 6.07) is 7.97. The molecule has 1 heterocycles. The second kappa shape index (κ2) is 7.82. The van der Waals surface area contributed by atoms with Crippen molar-refractivity contribution in [2.45, 2.75) is 58.8 Å². The van der Waals surface area contributed by atoms with Crippen LogP contribution in [0.4, 0.5) is 5.69 Å². The fourth-order valence-corrected chi connectivity index (χ4v) is 3.01. The molecule has 1 aliphatic rings. The van der Waals surface area contributed by atoms with E-state index in [-0.39, 0.29) is 23.1 Å². The van der Waals surface area contributed by atoms with Crippen molar-refractivity contribution in [2.75, 3.05) is 18.4 Å². The Balaban J connectivity index is 1.90. The first kappa shape index (κ1) is 18.5. The molecule has 0 aliphatic carbocycles. The minimum Gasteiger partial charge on any atom is -0.342 e. The molecule has 1 aromatic rings. The lowest BCUT2D eigenvalue weighted by atomic mass is 9.87. The first-order chi connectivity index (χ1) is 11.3. The number of rotatable bonds is 6. The summed E-state index contributed by atoms with van der Waals surface area (Å²) >= 11 is 0. The molecule has 4 heteroatoms. The van der Waals surface area contributed by atoms with Crippen LogP contribution in [0, 0.1) is 5.92 Å². The van der Waals surface area contributed by atoms with Gasteiger partial charge in [-0.15, -0.1) is 0 Å². The van der Waals surface area contributed by atoms with E-state index < -0.39 is 0 Å². The van der Waals surface area contributed by atoms with E-state index in [2.05, 4.69) is 33.0 Å². The number of nitrogens with one attached hydrogen (secondary N) is 1. The number of carbonyl (C=O) groups excluding carboxylic acids is 2. The molecule has 1 unspecified atom stereocenters. The number of anilines is 1. The molecule has 24 heavy (non-hydrogen) atoms. The van der Waals surface area contributed by atoms with E-state index in [0.717, 1.165) is 31.5 Å². The summed E-state index contributed by atoms with van der Waals surface area (Å²) in [6.07, 6.45) is 3.61. The molecule has 2 rings (SSSR count). The van der Waals surface area contributed by atoms with Crippen LogP contribution >= 0.6 is 0 Å². The van der Waals surface area contributed by atoms with Gasteiger partial charge in [-0.25, -0.2) is 0 Å². The Hall–Kier alpha value is -1.84. The van der Waals surface area contributed by atoms with Crippen molar-refractivity contribution in [1.29, 1.82) is 0 Å². The first-order valence-electron chi connectivity index (χ1n) is 9.00. The highest BCUT2D eigenvalue weighted by atomic mass is 16.2. The lowest BCUT2D eigenvalue weighted by Crippen LogP contribution is -2.29. The minimum absolute atomic E-state index is 0.0511. The molecular formula is C20H30N2O2. The standard InChI is InChI=1S/C20H30N2O2/c1-5-6-7-12-22-14-15(13-18(22)23)19(24)21-17-10-8-16(9-11-17)20(2,3)4/h8-11,15H,5-7,12-14H2,1-4H3,(H,21,24). The van der Waals surface area contributed by atoms with Gasteiger partial charge in [0.25, 0.3) is 0 Å². The number of hydrogen-bond acceptors (Lipinski definition) is 2. The summed E-state index contributed by atoms with van der Waals surface area (Å²) in [5.41, 5.74) is 2.13. The van der Waals surface area contributed by atoms with Gasteiger partial charge in [0.05, 0.1) is 5.92 Å². The molecule has 1 atom stereocenters. The summed E-state index contributed by atoms with van der Waals surface area (Å²) in [4.78, 5) is 26.3. The summed E-state index contributed by atoms with van der Waals surface area (Å²) in [5, 5.41) is 2.95. The van der Waals surface area contributed by atoms with Crippen molar-refractivity contribution < 1.29 is 9.59 Å². The largest absolute Gasteiger partial charge is 0.342 e. The third kappa shape index (κ3) is 4.83. The normalized spacial score (nSPS) is 18.1. The minimum atomic E-state index is -0.235. The fourth-order valence-electron chi connectivity index (χ4n) is 3.01. The Labute approximate surface area is 145 Å². The van der Waals surface area contributed by atoms with Gasteiger partial charge < -0.3 is 10.2 Å². The monoisotopic (exact) mass is 330 g/mol. The Morgan fingerprint density at radius 3 is 2.46 bits per heavy atom. The van der Waals surface area contributed by atoms with E-state index in [4.69, 9.17) is 0 Å². The van der Waals surface area contributed by atoms with Gasteiger partial charge in [-0.1, -0.05) is 52.7 Å². The van der Waals surface area contributed by atoms with E-state index in [1.807, 2.05) is 29.2 Å². The predicted molar refractivity (Wildman–Crippen MR) is 98.0 cm³/mol. The Morgan fingerprint density at radius 2 is 1.88 bits per heavy atom. The lowest BCUT2D eigenvalue weighted by Gasteiger charge is -2.19. The quantitative estimate of drug-likeness (QED) is 0.803. The molecule has 1 fully saturated rings. The van der Waals surface area contributed by atoms with Gasteiger partial charge in [0, 0.05) is 25.2 Å². The van der Waals surface area contributed by atoms with Gasteiger partial charge in [-0.05, 0) is 29.5 Å². The van der Waals surface area contributed by atoms with E-state index in [0.29, 0.717) is 13.0 Å². The molecule has 0 aromatic heterocycles. The topological polar surface area (TPSA) is 49.4 Å². The van der Waals surface area contributed by atoms with Gasteiger partial charge in [-0.3, -0.25) is 9.59 Å². The Bertz CT molecular complexity index is 572. The lowest BCUT2D eigenvalue weighted by molar-refractivity contribution is -0.128. The number of unbranched alkanes of at least 4 members (excludes halogenated alkanes) is 2. The van der Waals surface area contributed by atoms with Crippen molar-refractivity contribution in [3.8, 4) is 0 Å². The predicted octanol–water partition coefficient (Wildman–Crippen LogP) is 3.96. The third-order valence-electron chi connectivity index (χ3n) is 4.64. The Morgan fingerprint density at radius 1 is 1.21 bits per heavy atom. The zero-order valence-electron chi connectivity index (χ0n) is 15.4. The molecule has 1 aliphatic heterocycles. The summed E-state index contributed by atoms with van der Waals surface area (Å²) < 4.78 is 0. The molecule has 4 nitrogen and oxygen atoms in total. The highest BCUT2D eigenvalue weighted by Gasteiger charge is 2.33. The number of nitrogens with zero attached hydrogens (tertiary/aromatic N) is 1. The second-order valence-electron chi connectivity index (χ2n) is 7.76. The van der Waals surface area contributed by atoms with Crippen LogP contribution in [0.15, 0.2) is 24.3 Å². The van der Waals surface area contributed by atoms with Crippen LogP contribution in [0.3, 0.4) is 0 Å². The molecule has 1 saturated heterocycles. The first-order valence-corrected chi connectivity index (χ1v) is 9.00. The number of hydrogen-bond donors (Lipinski definition) is 1. The zero-order chi connectivity index (χ0) is 17.7. The molecule has 0 spiro atoms. The SMILES string of the molecule is CCCCCN1CC(C(=O)Nc2ccc(C(C)(C)C)cc2)CC1=O. The van der Waals surface area contributed by atoms with E-state index >= 15 is 0 Å². The summed E-state index contributed by atoms with van der Waals surface area (Å²) in [6.45, 7) is 9.96. The molecular weight excluding hydrogens is 300 g/mol. The van der Waals surface area contributed by atoms with Crippen LogP contribution in [-0.2, 0) is 15.0 Å². The van der Waals surface area contributed by atoms with Crippen LogP contribution in [0.1, 0.15) is 58.9 Å². The van der Waals surface area contributed by atoms with Crippen molar-refractivity contribution >= 4 is 17.5 Å². The fraction of sp³-hybridized carbons (Fsp3) is 0.600. The average Bonchev–Trinajstić information content (AvgIpc) is 2.89.